The van der Waals surface area contributed by atoms with Gasteiger partial charge in [-0.3, -0.25) is 4.79 Å². The van der Waals surface area contributed by atoms with E-state index in [2.05, 4.69) is 9.71 Å². The average Bonchev–Trinajstić information content (AvgIpc) is 3.46. The molecular formula is C18H18FN3O4S. The number of carbonyl (C=O) groups excluding carboxylic acids is 1. The minimum atomic E-state index is -3.24. The molecular weight excluding hydrogens is 373 g/mol. The van der Waals surface area contributed by atoms with Crippen LogP contribution in [0.25, 0.3) is 0 Å². The van der Waals surface area contributed by atoms with Crippen LogP contribution in [0.5, 0.6) is 11.6 Å². The zero-order valence-electron chi connectivity index (χ0n) is 14.3. The van der Waals surface area contributed by atoms with Crippen LogP contribution >= 0.6 is 0 Å². The van der Waals surface area contributed by atoms with Crippen LogP contribution in [0, 0.1) is 5.82 Å². The molecule has 2 fully saturated rings. The number of hydrogen-bond donors (Lipinski definition) is 1. The third kappa shape index (κ3) is 4.09. The van der Waals surface area contributed by atoms with E-state index in [0.29, 0.717) is 37.2 Å². The zero-order chi connectivity index (χ0) is 19.0. The Morgan fingerprint density at radius 3 is 2.44 bits per heavy atom. The molecule has 1 aromatic carbocycles. The zero-order valence-corrected chi connectivity index (χ0v) is 15.2. The van der Waals surface area contributed by atoms with E-state index < -0.39 is 10.0 Å². The predicted octanol–water partition coefficient (Wildman–Crippen LogP) is 1.92. The Hall–Kier alpha value is -2.52. The van der Waals surface area contributed by atoms with Crippen molar-refractivity contribution in [3.8, 4) is 11.6 Å². The Balaban J connectivity index is 1.31. The molecule has 2 heterocycles. The van der Waals surface area contributed by atoms with Crippen molar-refractivity contribution < 1.29 is 22.3 Å². The molecule has 0 unspecified atom stereocenters. The molecule has 0 radical (unpaired) electrons. The van der Waals surface area contributed by atoms with Gasteiger partial charge in [-0.1, -0.05) is 0 Å². The van der Waals surface area contributed by atoms with Crippen molar-refractivity contribution in [3.05, 3.63) is 54.0 Å². The first-order valence-electron chi connectivity index (χ1n) is 8.60. The van der Waals surface area contributed by atoms with E-state index in [9.17, 15) is 17.6 Å². The van der Waals surface area contributed by atoms with E-state index >= 15 is 0 Å². The third-order valence-corrected chi connectivity index (χ3v) is 6.49. The van der Waals surface area contributed by atoms with Crippen LogP contribution in [0.3, 0.4) is 0 Å². The largest absolute Gasteiger partial charge is 0.439 e. The van der Waals surface area contributed by atoms with Gasteiger partial charge in [0.25, 0.3) is 5.91 Å². The fourth-order valence-electron chi connectivity index (χ4n) is 2.80. The van der Waals surface area contributed by atoms with Gasteiger partial charge in [0.05, 0.1) is 16.9 Å². The van der Waals surface area contributed by atoms with Gasteiger partial charge in [-0.25, -0.2) is 22.5 Å². The van der Waals surface area contributed by atoms with E-state index in [0.717, 1.165) is 0 Å². The van der Waals surface area contributed by atoms with Crippen LogP contribution in [0.2, 0.25) is 0 Å². The lowest BCUT2D eigenvalue weighted by Gasteiger charge is -2.39. The number of nitrogens with one attached hydrogen (secondary N) is 1. The maximum absolute atomic E-state index is 12.9. The van der Waals surface area contributed by atoms with Crippen LogP contribution in [0.1, 0.15) is 23.2 Å². The lowest BCUT2D eigenvalue weighted by atomic mass is 10.1. The van der Waals surface area contributed by atoms with Gasteiger partial charge < -0.3 is 9.64 Å². The number of rotatable bonds is 6. The highest BCUT2D eigenvalue weighted by atomic mass is 32.2. The van der Waals surface area contributed by atoms with Gasteiger partial charge in [-0.15, -0.1) is 0 Å². The molecule has 4 rings (SSSR count). The van der Waals surface area contributed by atoms with Crippen molar-refractivity contribution in [1.29, 1.82) is 0 Å². The summed E-state index contributed by atoms with van der Waals surface area (Å²) in [7, 11) is -3.24. The molecule has 0 atom stereocenters. The van der Waals surface area contributed by atoms with Gasteiger partial charge in [0.2, 0.25) is 15.9 Å². The quantitative estimate of drug-likeness (QED) is 0.813. The van der Waals surface area contributed by atoms with Crippen molar-refractivity contribution in [2.45, 2.75) is 24.1 Å². The number of hydrogen-bond acceptors (Lipinski definition) is 5. The Bertz CT molecular complexity index is 938. The second-order valence-corrected chi connectivity index (χ2v) is 8.70. The maximum Gasteiger partial charge on any atom is 0.255 e. The number of pyridine rings is 1. The molecule has 1 saturated carbocycles. The summed E-state index contributed by atoms with van der Waals surface area (Å²) in [6.07, 6.45) is 2.83. The fourth-order valence-corrected chi connectivity index (χ4v) is 4.36. The van der Waals surface area contributed by atoms with Crippen molar-refractivity contribution in [3.63, 3.8) is 0 Å². The smallest absolute Gasteiger partial charge is 0.255 e. The number of ether oxygens (including phenoxy) is 1. The van der Waals surface area contributed by atoms with Crippen LogP contribution in [-0.4, -0.2) is 48.6 Å². The first kappa shape index (κ1) is 17.9. The summed E-state index contributed by atoms with van der Waals surface area (Å²) in [5.41, 5.74) is 0.393. The highest BCUT2D eigenvalue weighted by Crippen LogP contribution is 2.28. The van der Waals surface area contributed by atoms with Crippen molar-refractivity contribution >= 4 is 15.9 Å². The summed E-state index contributed by atoms with van der Waals surface area (Å²) < 4.78 is 44.8. The summed E-state index contributed by atoms with van der Waals surface area (Å²) >= 11 is 0. The molecule has 1 N–H and O–H groups in total. The molecule has 0 bridgehead atoms. The van der Waals surface area contributed by atoms with Crippen molar-refractivity contribution in [1.82, 2.24) is 14.6 Å². The molecule has 1 aliphatic carbocycles. The van der Waals surface area contributed by atoms with Crippen LogP contribution in [0.15, 0.2) is 42.6 Å². The molecule has 2 aliphatic rings. The number of carbonyl (C=O) groups is 1. The maximum atomic E-state index is 12.9. The van der Waals surface area contributed by atoms with Crippen LogP contribution < -0.4 is 9.46 Å². The Morgan fingerprint density at radius 2 is 1.85 bits per heavy atom. The molecule has 27 heavy (non-hydrogen) atoms. The van der Waals surface area contributed by atoms with Gasteiger partial charge >= 0.3 is 0 Å². The van der Waals surface area contributed by atoms with Gasteiger partial charge in [-0.05, 0) is 43.2 Å². The molecule has 142 valence electrons. The highest BCUT2D eigenvalue weighted by molar-refractivity contribution is 7.90. The lowest BCUT2D eigenvalue weighted by molar-refractivity contribution is 0.0591. The highest BCUT2D eigenvalue weighted by Gasteiger charge is 2.40. The Labute approximate surface area is 156 Å². The van der Waals surface area contributed by atoms with E-state index in [1.165, 1.54) is 30.5 Å². The number of likely N-dealkylation sites (tertiary alicyclic amines) is 1. The minimum absolute atomic E-state index is 0.210. The number of halogens is 1. The third-order valence-electron chi connectivity index (χ3n) is 4.48. The van der Waals surface area contributed by atoms with Crippen molar-refractivity contribution in [2.24, 2.45) is 0 Å². The topological polar surface area (TPSA) is 88.6 Å². The second-order valence-electron chi connectivity index (χ2n) is 6.71. The van der Waals surface area contributed by atoms with Gasteiger partial charge in [0.15, 0.2) is 0 Å². The first-order valence-corrected chi connectivity index (χ1v) is 10.2. The van der Waals surface area contributed by atoms with E-state index in [-0.39, 0.29) is 28.9 Å². The van der Waals surface area contributed by atoms with E-state index in [4.69, 9.17) is 4.74 Å². The molecule has 1 aromatic heterocycles. The summed E-state index contributed by atoms with van der Waals surface area (Å²) in [6.45, 7) is 0.692. The number of nitrogens with zero attached hydrogens (tertiary/aromatic N) is 2. The predicted molar refractivity (Wildman–Crippen MR) is 95.5 cm³/mol. The summed E-state index contributed by atoms with van der Waals surface area (Å²) in [5, 5.41) is -0.264. The van der Waals surface area contributed by atoms with E-state index in [1.807, 2.05) is 0 Å². The first-order chi connectivity index (χ1) is 12.9. The van der Waals surface area contributed by atoms with Crippen molar-refractivity contribution in [2.75, 3.05) is 13.1 Å². The molecule has 1 saturated heterocycles. The molecule has 1 aliphatic heterocycles. The molecule has 9 heteroatoms. The van der Waals surface area contributed by atoms with Gasteiger partial charge in [0.1, 0.15) is 11.6 Å². The SMILES string of the molecule is O=C(c1ccc(Oc2ccc(F)cc2)nc1)N1CC(NS(=O)(=O)C2CC2)C1. The Kier molecular flexibility index (Phi) is 4.56. The minimum Gasteiger partial charge on any atom is -0.439 e. The van der Waals surface area contributed by atoms with Gasteiger partial charge in [0, 0.05) is 25.4 Å². The molecule has 2 aromatic rings. The standard InChI is InChI=1S/C18H18FN3O4S/c19-13-2-4-15(5-3-13)26-17-8-1-12(9-20-17)18(23)22-10-14(11-22)21-27(24,25)16-6-7-16/h1-5,8-9,14,16,21H,6-7,10-11H2. The Morgan fingerprint density at radius 1 is 1.15 bits per heavy atom. The summed E-state index contributed by atoms with van der Waals surface area (Å²) in [6, 6.07) is 8.46. The average molecular weight is 391 g/mol. The van der Waals surface area contributed by atoms with Gasteiger partial charge in [-0.2, -0.15) is 0 Å². The lowest BCUT2D eigenvalue weighted by Crippen LogP contribution is -2.61. The summed E-state index contributed by atoms with van der Waals surface area (Å²) in [5.74, 6) is 0.162. The second kappa shape index (κ2) is 6.90. The molecule has 0 spiro atoms. The fraction of sp³-hybridized carbons (Fsp3) is 0.333. The van der Waals surface area contributed by atoms with E-state index in [1.54, 1.807) is 17.0 Å². The summed E-state index contributed by atoms with van der Waals surface area (Å²) in [4.78, 5) is 18.1. The number of amides is 1. The number of benzene rings is 1. The normalized spacial score (nSPS) is 17.4. The molecule has 1 amide bonds. The van der Waals surface area contributed by atoms with Crippen LogP contribution in [0.4, 0.5) is 4.39 Å². The monoisotopic (exact) mass is 391 g/mol. The molecule has 7 nitrogen and oxygen atoms in total. The van der Waals surface area contributed by atoms with Crippen LogP contribution in [-0.2, 0) is 10.0 Å². The number of sulfonamides is 1. The number of aromatic nitrogens is 1.